The van der Waals surface area contributed by atoms with Crippen LogP contribution < -0.4 is 0 Å². The Hall–Kier alpha value is -0.840. The summed E-state index contributed by atoms with van der Waals surface area (Å²) in [6.45, 7) is 1.04. The van der Waals surface area contributed by atoms with E-state index in [4.69, 9.17) is 0 Å². The monoisotopic (exact) mass is 296 g/mol. The number of hydrogen-bond acceptors (Lipinski definition) is 1. The molecule has 2 aromatic rings. The van der Waals surface area contributed by atoms with Crippen LogP contribution in [0.1, 0.15) is 12.0 Å². The molecule has 0 fully saturated rings. The fraction of sp³-hybridized carbons (Fsp3) is 0.182. The van der Waals surface area contributed by atoms with Gasteiger partial charge in [-0.1, -0.05) is 12.1 Å². The number of benzene rings is 1. The maximum absolute atomic E-state index is 4.39. The van der Waals surface area contributed by atoms with Gasteiger partial charge in [-0.2, -0.15) is 0 Å². The molecular formula is C11H9IN2. The molecule has 0 saturated carbocycles. The normalized spacial score (nSPS) is 15.4. The van der Waals surface area contributed by atoms with Crippen LogP contribution in [0, 0.1) is 0 Å². The lowest BCUT2D eigenvalue weighted by atomic mass is 10.2. The van der Waals surface area contributed by atoms with Gasteiger partial charge in [0.05, 0.1) is 17.4 Å². The predicted octanol–water partition coefficient (Wildman–Crippen LogP) is 3.22. The number of hydrogen-bond donors (Lipinski definition) is 0. The Bertz CT molecular complexity index is 525. The van der Waals surface area contributed by atoms with E-state index >= 15 is 0 Å². The first-order valence-corrected chi connectivity index (χ1v) is 5.72. The highest BCUT2D eigenvalue weighted by Gasteiger charge is 2.10. The lowest BCUT2D eigenvalue weighted by Gasteiger charge is -2.00. The predicted molar refractivity (Wildman–Crippen MR) is 66.3 cm³/mol. The van der Waals surface area contributed by atoms with Gasteiger partial charge in [0.1, 0.15) is 0 Å². The minimum Gasteiger partial charge on any atom is -0.330 e. The fourth-order valence-electron chi connectivity index (χ4n) is 1.91. The minimum atomic E-state index is 1.04. The molecule has 0 unspecified atom stereocenters. The molecule has 2 nitrogen and oxygen atoms in total. The van der Waals surface area contributed by atoms with Gasteiger partial charge in [-0.3, -0.25) is 0 Å². The summed E-state index contributed by atoms with van der Waals surface area (Å²) >= 11 is 2.41. The third kappa shape index (κ3) is 1.19. The van der Waals surface area contributed by atoms with E-state index in [0.29, 0.717) is 0 Å². The topological polar surface area (TPSA) is 17.8 Å². The second kappa shape index (κ2) is 3.08. The zero-order valence-corrected chi connectivity index (χ0v) is 9.73. The zero-order chi connectivity index (χ0) is 9.54. The molecule has 0 aliphatic carbocycles. The Morgan fingerprint density at radius 1 is 1.36 bits per heavy atom. The van der Waals surface area contributed by atoms with Gasteiger partial charge in [0.2, 0.25) is 0 Å². The van der Waals surface area contributed by atoms with E-state index in [0.717, 1.165) is 18.5 Å². The molecule has 1 aromatic heterocycles. The molecule has 70 valence electrons. The minimum absolute atomic E-state index is 1.04. The number of imidazole rings is 1. The van der Waals surface area contributed by atoms with Gasteiger partial charge in [0.25, 0.3) is 0 Å². The van der Waals surface area contributed by atoms with Gasteiger partial charge in [-0.25, -0.2) is 4.98 Å². The maximum Gasteiger partial charge on any atom is 0.0958 e. The van der Waals surface area contributed by atoms with E-state index in [1.54, 1.807) is 0 Å². The molecule has 0 atom stereocenters. The van der Waals surface area contributed by atoms with Crippen molar-refractivity contribution in [3.8, 4) is 0 Å². The first kappa shape index (κ1) is 8.47. The molecular weight excluding hydrogens is 287 g/mol. The molecule has 2 heterocycles. The molecule has 3 rings (SSSR count). The van der Waals surface area contributed by atoms with Crippen LogP contribution in [0.2, 0.25) is 0 Å². The number of allylic oxidation sites excluding steroid dienone is 1. The van der Waals surface area contributed by atoms with Crippen LogP contribution in [0.15, 0.2) is 28.1 Å². The summed E-state index contributed by atoms with van der Waals surface area (Å²) in [6, 6.07) is 6.30. The number of nitrogens with zero attached hydrogens (tertiary/aromatic N) is 2. The molecule has 1 aromatic carbocycles. The molecule has 1 aliphatic rings. The van der Waals surface area contributed by atoms with Crippen LogP contribution in [0.3, 0.4) is 0 Å². The number of rotatable bonds is 0. The van der Waals surface area contributed by atoms with Crippen LogP contribution in [0.5, 0.6) is 0 Å². The van der Waals surface area contributed by atoms with Crippen molar-refractivity contribution in [1.29, 1.82) is 0 Å². The lowest BCUT2D eigenvalue weighted by Crippen LogP contribution is -1.94. The van der Waals surface area contributed by atoms with Crippen molar-refractivity contribution in [1.82, 2.24) is 9.55 Å². The molecule has 0 amide bonds. The maximum atomic E-state index is 4.39. The Morgan fingerprint density at radius 2 is 2.29 bits per heavy atom. The van der Waals surface area contributed by atoms with E-state index in [-0.39, 0.29) is 0 Å². The van der Waals surface area contributed by atoms with Gasteiger partial charge in [0, 0.05) is 12.1 Å². The highest BCUT2D eigenvalue weighted by molar-refractivity contribution is 14.1. The second-order valence-corrected chi connectivity index (χ2v) is 4.88. The van der Waals surface area contributed by atoms with Crippen molar-refractivity contribution in [2.24, 2.45) is 0 Å². The van der Waals surface area contributed by atoms with Crippen molar-refractivity contribution in [2.75, 3.05) is 0 Å². The van der Waals surface area contributed by atoms with E-state index in [1.807, 2.05) is 6.33 Å². The van der Waals surface area contributed by atoms with E-state index in [9.17, 15) is 0 Å². The number of halogens is 1. The second-order valence-electron chi connectivity index (χ2n) is 3.49. The van der Waals surface area contributed by atoms with Crippen LogP contribution in [0.25, 0.3) is 17.1 Å². The summed E-state index contributed by atoms with van der Waals surface area (Å²) in [4.78, 5) is 4.39. The largest absolute Gasteiger partial charge is 0.330 e. The average Bonchev–Trinajstić information content (AvgIpc) is 2.51. The quantitative estimate of drug-likeness (QED) is 0.683. The Morgan fingerprint density at radius 3 is 3.21 bits per heavy atom. The fourth-order valence-corrected chi connectivity index (χ4v) is 2.49. The van der Waals surface area contributed by atoms with E-state index in [2.05, 4.69) is 56.4 Å². The standard InChI is InChI=1S/C11H9IN2/c12-9-4-5-14-7-13-10-3-1-2-8(6-9)11(10)14/h1-3,6-7H,4-5H2. The van der Waals surface area contributed by atoms with Crippen LogP contribution in [-0.2, 0) is 6.54 Å². The summed E-state index contributed by atoms with van der Waals surface area (Å²) in [7, 11) is 0. The van der Waals surface area contributed by atoms with Crippen molar-refractivity contribution in [3.63, 3.8) is 0 Å². The lowest BCUT2D eigenvalue weighted by molar-refractivity contribution is 0.733. The first-order valence-electron chi connectivity index (χ1n) is 4.64. The molecule has 0 spiro atoms. The Kier molecular flexibility index (Phi) is 1.87. The van der Waals surface area contributed by atoms with Gasteiger partial charge < -0.3 is 4.57 Å². The van der Waals surface area contributed by atoms with Crippen molar-refractivity contribution >= 4 is 39.7 Å². The summed E-state index contributed by atoms with van der Waals surface area (Å²) in [6.07, 6.45) is 5.31. The first-order chi connectivity index (χ1) is 6.84. The number of para-hydroxylation sites is 1. The molecule has 0 radical (unpaired) electrons. The zero-order valence-electron chi connectivity index (χ0n) is 7.57. The van der Waals surface area contributed by atoms with Crippen LogP contribution in [-0.4, -0.2) is 9.55 Å². The van der Waals surface area contributed by atoms with E-state index in [1.165, 1.54) is 14.7 Å². The van der Waals surface area contributed by atoms with Gasteiger partial charge >= 0.3 is 0 Å². The van der Waals surface area contributed by atoms with Crippen LogP contribution >= 0.6 is 22.6 Å². The summed E-state index contributed by atoms with van der Waals surface area (Å²) in [5.41, 5.74) is 3.67. The van der Waals surface area contributed by atoms with Crippen molar-refractivity contribution in [2.45, 2.75) is 13.0 Å². The molecule has 0 bridgehead atoms. The SMILES string of the molecule is IC1=Cc2cccc3ncn(c23)CC1. The number of aromatic nitrogens is 2. The number of aryl methyl sites for hydroxylation is 1. The highest BCUT2D eigenvalue weighted by Crippen LogP contribution is 2.27. The summed E-state index contributed by atoms with van der Waals surface area (Å²) < 4.78 is 3.66. The molecule has 0 saturated heterocycles. The third-order valence-electron chi connectivity index (χ3n) is 2.57. The van der Waals surface area contributed by atoms with Gasteiger partial charge in [-0.05, 0) is 44.7 Å². The summed E-state index contributed by atoms with van der Waals surface area (Å²) in [5, 5.41) is 0. The summed E-state index contributed by atoms with van der Waals surface area (Å²) in [5.74, 6) is 0. The van der Waals surface area contributed by atoms with Crippen LogP contribution in [0.4, 0.5) is 0 Å². The van der Waals surface area contributed by atoms with Crippen molar-refractivity contribution < 1.29 is 0 Å². The third-order valence-corrected chi connectivity index (χ3v) is 3.42. The molecule has 1 aliphatic heterocycles. The van der Waals surface area contributed by atoms with E-state index < -0.39 is 0 Å². The molecule has 14 heavy (non-hydrogen) atoms. The van der Waals surface area contributed by atoms with Crippen molar-refractivity contribution in [3.05, 3.63) is 33.7 Å². The smallest absolute Gasteiger partial charge is 0.0958 e. The Balaban J connectivity index is 2.43. The Labute approximate surface area is 95.8 Å². The average molecular weight is 296 g/mol. The van der Waals surface area contributed by atoms with Gasteiger partial charge in [-0.15, -0.1) is 0 Å². The highest BCUT2D eigenvalue weighted by atomic mass is 127. The molecule has 3 heteroatoms. The van der Waals surface area contributed by atoms with Gasteiger partial charge in [0.15, 0.2) is 0 Å². The molecule has 0 N–H and O–H groups in total.